The number of sulfone groups is 1. The lowest BCUT2D eigenvalue weighted by molar-refractivity contribution is 0.539. The highest BCUT2D eigenvalue weighted by Gasteiger charge is 2.37. The second-order valence-corrected chi connectivity index (χ2v) is 6.39. The Bertz CT molecular complexity index is 530. The maximum Gasteiger partial charge on any atom is 0.185 e. The van der Waals surface area contributed by atoms with E-state index in [1.165, 1.54) is 0 Å². The van der Waals surface area contributed by atoms with Gasteiger partial charge >= 0.3 is 0 Å². The van der Waals surface area contributed by atoms with Gasteiger partial charge in [0.2, 0.25) is 0 Å². The fourth-order valence-corrected chi connectivity index (χ4v) is 4.21. The van der Waals surface area contributed by atoms with Crippen LogP contribution in [0.25, 0.3) is 0 Å². The van der Waals surface area contributed by atoms with Crippen LogP contribution in [-0.2, 0) is 9.84 Å². The Labute approximate surface area is 98.5 Å². The van der Waals surface area contributed by atoms with Crippen molar-refractivity contribution >= 4 is 9.84 Å². The molecule has 0 aromatic heterocycles. The summed E-state index contributed by atoms with van der Waals surface area (Å²) in [6.07, 6.45) is 1.70. The summed E-state index contributed by atoms with van der Waals surface area (Å²) in [6, 6.07) is 1.93. The Morgan fingerprint density at radius 1 is 1.24 bits per heavy atom. The van der Waals surface area contributed by atoms with Crippen molar-refractivity contribution in [2.45, 2.75) is 35.4 Å². The average Bonchev–Trinajstić information content (AvgIpc) is 2.68. The van der Waals surface area contributed by atoms with Crippen LogP contribution in [-0.4, -0.2) is 19.7 Å². The van der Waals surface area contributed by atoms with Crippen molar-refractivity contribution in [3.05, 3.63) is 29.8 Å². The first-order chi connectivity index (χ1) is 7.93. The van der Waals surface area contributed by atoms with Crippen LogP contribution < -0.4 is 5.73 Å². The smallest absolute Gasteiger partial charge is 0.185 e. The summed E-state index contributed by atoms with van der Waals surface area (Å²) >= 11 is 0. The van der Waals surface area contributed by atoms with Crippen molar-refractivity contribution < 1.29 is 17.2 Å². The van der Waals surface area contributed by atoms with Crippen molar-refractivity contribution in [1.29, 1.82) is 0 Å². The molecule has 2 unspecified atom stereocenters. The molecule has 0 amide bonds. The lowest BCUT2D eigenvalue weighted by atomic mass is 10.3. The van der Waals surface area contributed by atoms with Gasteiger partial charge in [0.05, 0.1) is 5.25 Å². The van der Waals surface area contributed by atoms with Crippen molar-refractivity contribution in [3.63, 3.8) is 0 Å². The van der Waals surface area contributed by atoms with E-state index in [2.05, 4.69) is 0 Å². The zero-order valence-corrected chi connectivity index (χ0v) is 9.88. The monoisotopic (exact) mass is 261 g/mol. The standard InChI is InChI=1S/C11H13F2NO2S/c12-7-4-5-8(13)11(6-7)17(15,16)10-3-1-2-9(10)14/h4-6,9-10H,1-3,14H2. The molecule has 94 valence electrons. The highest BCUT2D eigenvalue weighted by Crippen LogP contribution is 2.30. The molecular weight excluding hydrogens is 248 g/mol. The molecule has 0 heterocycles. The number of hydrogen-bond acceptors (Lipinski definition) is 3. The van der Waals surface area contributed by atoms with Gasteiger partial charge in [-0.25, -0.2) is 17.2 Å². The van der Waals surface area contributed by atoms with Crippen molar-refractivity contribution in [3.8, 4) is 0 Å². The molecule has 1 saturated carbocycles. The lowest BCUT2D eigenvalue weighted by Gasteiger charge is -2.16. The molecule has 0 bridgehead atoms. The van der Waals surface area contributed by atoms with Gasteiger partial charge in [0.1, 0.15) is 16.5 Å². The van der Waals surface area contributed by atoms with E-state index in [1.54, 1.807) is 0 Å². The van der Waals surface area contributed by atoms with E-state index < -0.39 is 37.7 Å². The molecule has 2 N–H and O–H groups in total. The zero-order chi connectivity index (χ0) is 12.6. The molecule has 0 saturated heterocycles. The first kappa shape index (κ1) is 12.4. The van der Waals surface area contributed by atoms with E-state index in [-0.39, 0.29) is 0 Å². The average molecular weight is 261 g/mol. The van der Waals surface area contributed by atoms with Gasteiger partial charge in [-0.15, -0.1) is 0 Å². The second-order valence-electron chi connectivity index (χ2n) is 4.25. The van der Waals surface area contributed by atoms with Gasteiger partial charge in [0, 0.05) is 6.04 Å². The molecule has 0 aliphatic heterocycles. The van der Waals surface area contributed by atoms with Crippen molar-refractivity contribution in [1.82, 2.24) is 0 Å². The van der Waals surface area contributed by atoms with Crippen LogP contribution in [0.1, 0.15) is 19.3 Å². The van der Waals surface area contributed by atoms with E-state index in [0.29, 0.717) is 19.3 Å². The molecule has 2 rings (SSSR count). The van der Waals surface area contributed by atoms with Crippen LogP contribution in [0.15, 0.2) is 23.1 Å². The predicted molar refractivity (Wildman–Crippen MR) is 59.2 cm³/mol. The van der Waals surface area contributed by atoms with Crippen molar-refractivity contribution in [2.75, 3.05) is 0 Å². The Balaban J connectivity index is 2.48. The van der Waals surface area contributed by atoms with Crippen LogP contribution in [0.3, 0.4) is 0 Å². The van der Waals surface area contributed by atoms with E-state index in [1.807, 2.05) is 0 Å². The largest absolute Gasteiger partial charge is 0.327 e. The summed E-state index contributed by atoms with van der Waals surface area (Å²) in [5.41, 5.74) is 5.70. The molecule has 1 aromatic carbocycles. The summed E-state index contributed by atoms with van der Waals surface area (Å²) in [5.74, 6) is -1.69. The first-order valence-electron chi connectivity index (χ1n) is 5.37. The van der Waals surface area contributed by atoms with Crippen molar-refractivity contribution in [2.24, 2.45) is 5.73 Å². The Morgan fingerprint density at radius 3 is 2.53 bits per heavy atom. The van der Waals surface area contributed by atoms with E-state index in [4.69, 9.17) is 5.73 Å². The van der Waals surface area contributed by atoms with Crippen LogP contribution in [0, 0.1) is 11.6 Å². The van der Waals surface area contributed by atoms with Gasteiger partial charge in [-0.3, -0.25) is 0 Å². The Kier molecular flexibility index (Phi) is 3.18. The van der Waals surface area contributed by atoms with E-state index in [9.17, 15) is 17.2 Å². The minimum absolute atomic E-state index is 0.402. The third-order valence-corrected chi connectivity index (χ3v) is 5.41. The zero-order valence-electron chi connectivity index (χ0n) is 9.07. The van der Waals surface area contributed by atoms with E-state index in [0.717, 1.165) is 18.2 Å². The summed E-state index contributed by atoms with van der Waals surface area (Å²) < 4.78 is 50.7. The van der Waals surface area contributed by atoms with E-state index >= 15 is 0 Å². The molecule has 2 atom stereocenters. The van der Waals surface area contributed by atoms with Gasteiger partial charge in [-0.1, -0.05) is 6.42 Å². The normalized spacial score (nSPS) is 25.1. The molecule has 1 aromatic rings. The molecule has 0 radical (unpaired) electrons. The number of halogens is 2. The molecular formula is C11H13F2NO2S. The quantitative estimate of drug-likeness (QED) is 0.880. The van der Waals surface area contributed by atoms with Gasteiger partial charge in [-0.2, -0.15) is 0 Å². The Hall–Kier alpha value is -1.01. The Morgan fingerprint density at radius 2 is 1.94 bits per heavy atom. The molecule has 1 fully saturated rings. The maximum atomic E-state index is 13.5. The van der Waals surface area contributed by atoms with Gasteiger partial charge in [-0.05, 0) is 31.0 Å². The third kappa shape index (κ3) is 2.19. The molecule has 17 heavy (non-hydrogen) atoms. The number of nitrogens with two attached hydrogens (primary N) is 1. The molecule has 1 aliphatic rings. The fraction of sp³-hybridized carbons (Fsp3) is 0.455. The van der Waals surface area contributed by atoms with Gasteiger partial charge in [0.15, 0.2) is 9.84 Å². The topological polar surface area (TPSA) is 60.2 Å². The minimum Gasteiger partial charge on any atom is -0.327 e. The highest BCUT2D eigenvalue weighted by molar-refractivity contribution is 7.92. The SMILES string of the molecule is NC1CCCC1S(=O)(=O)c1cc(F)ccc1F. The van der Waals surface area contributed by atoms with Gasteiger partial charge in [0.25, 0.3) is 0 Å². The summed E-state index contributed by atoms with van der Waals surface area (Å²) in [5, 5.41) is -0.807. The van der Waals surface area contributed by atoms with Gasteiger partial charge < -0.3 is 5.73 Å². The lowest BCUT2D eigenvalue weighted by Crippen LogP contribution is -2.36. The first-order valence-corrected chi connectivity index (χ1v) is 6.92. The predicted octanol–water partition coefficient (Wildman–Crippen LogP) is 1.62. The maximum absolute atomic E-state index is 13.5. The summed E-state index contributed by atoms with van der Waals surface area (Å²) in [4.78, 5) is -0.583. The number of hydrogen-bond donors (Lipinski definition) is 1. The van der Waals surface area contributed by atoms with Crippen LogP contribution >= 0.6 is 0 Å². The summed E-state index contributed by atoms with van der Waals surface area (Å²) in [6.45, 7) is 0. The highest BCUT2D eigenvalue weighted by atomic mass is 32.2. The number of benzene rings is 1. The molecule has 6 heteroatoms. The second kappa shape index (κ2) is 4.34. The molecule has 1 aliphatic carbocycles. The van der Waals surface area contributed by atoms with Crippen LogP contribution in [0.5, 0.6) is 0 Å². The summed E-state index contributed by atoms with van der Waals surface area (Å²) in [7, 11) is -3.88. The van der Waals surface area contributed by atoms with Crippen LogP contribution in [0.4, 0.5) is 8.78 Å². The third-order valence-electron chi connectivity index (χ3n) is 3.10. The number of rotatable bonds is 2. The molecule has 3 nitrogen and oxygen atoms in total. The fourth-order valence-electron chi connectivity index (χ4n) is 2.20. The van der Waals surface area contributed by atoms with Crippen LogP contribution in [0.2, 0.25) is 0 Å². The minimum atomic E-state index is -3.88. The molecule has 0 spiro atoms.